The van der Waals surface area contributed by atoms with Crippen molar-refractivity contribution in [2.45, 2.75) is 90.3 Å². The number of ether oxygens (including phenoxy) is 1. The Labute approximate surface area is 167 Å². The number of nitrogens with one attached hydrogen (secondary N) is 1. The summed E-state index contributed by atoms with van der Waals surface area (Å²) in [4.78, 5) is 26.4. The molecule has 2 aliphatic heterocycles. The van der Waals surface area contributed by atoms with E-state index in [0.29, 0.717) is 19.4 Å². The average molecular weight is 392 g/mol. The van der Waals surface area contributed by atoms with Gasteiger partial charge in [-0.3, -0.25) is 4.79 Å². The molecular weight excluding hydrogens is 358 g/mol. The second-order valence-corrected chi connectivity index (χ2v) is 8.71. The molecule has 1 N–H and O–H groups in total. The number of aryl methyl sites for hydroxylation is 1. The number of rotatable bonds is 5. The van der Waals surface area contributed by atoms with Crippen LogP contribution < -0.4 is 5.32 Å². The second-order valence-electron chi connectivity index (χ2n) is 8.71. The molecule has 0 aromatic carbocycles. The van der Waals surface area contributed by atoms with Gasteiger partial charge in [0, 0.05) is 32.5 Å². The molecule has 1 fully saturated rings. The summed E-state index contributed by atoms with van der Waals surface area (Å²) in [7, 11) is 0. The Morgan fingerprint density at radius 3 is 2.75 bits per heavy atom. The van der Waals surface area contributed by atoms with Crippen molar-refractivity contribution in [1.82, 2.24) is 25.0 Å². The Hall–Kier alpha value is -2.12. The number of nitrogens with zero attached hydrogens (tertiary/aromatic N) is 4. The lowest BCUT2D eigenvalue weighted by atomic mass is 10.2. The molecule has 156 valence electrons. The normalized spacial score (nSPS) is 19.8. The van der Waals surface area contributed by atoms with Gasteiger partial charge in [-0.05, 0) is 52.9 Å². The van der Waals surface area contributed by atoms with Gasteiger partial charge in [0.1, 0.15) is 11.4 Å². The third-order valence-electron chi connectivity index (χ3n) is 5.24. The van der Waals surface area contributed by atoms with Crippen LogP contribution in [0.3, 0.4) is 0 Å². The van der Waals surface area contributed by atoms with Crippen molar-refractivity contribution in [1.29, 1.82) is 0 Å². The van der Waals surface area contributed by atoms with Crippen LogP contribution in [-0.2, 0) is 22.5 Å². The van der Waals surface area contributed by atoms with Crippen LogP contribution in [0, 0.1) is 0 Å². The van der Waals surface area contributed by atoms with Crippen LogP contribution in [0.4, 0.5) is 4.79 Å². The molecule has 0 unspecified atom stereocenters. The largest absolute Gasteiger partial charge is 0.444 e. The number of hydrogen-bond donors (Lipinski definition) is 1. The van der Waals surface area contributed by atoms with Gasteiger partial charge in [-0.1, -0.05) is 6.42 Å². The van der Waals surface area contributed by atoms with Crippen molar-refractivity contribution in [3.05, 3.63) is 11.6 Å². The van der Waals surface area contributed by atoms with E-state index in [4.69, 9.17) is 4.74 Å². The SMILES string of the molecule is CC(C)(C)OC(=O)NCCCC(=O)N1CCC[C@H]1c1nnc2n1CCCCC2. The minimum atomic E-state index is -0.515. The number of fused-ring (bicyclic) bond motifs is 1. The fourth-order valence-corrected chi connectivity index (χ4v) is 3.98. The number of hydrogen-bond acceptors (Lipinski definition) is 5. The molecule has 3 heterocycles. The van der Waals surface area contributed by atoms with E-state index in [1.54, 1.807) is 0 Å². The molecule has 8 nitrogen and oxygen atoms in total. The fraction of sp³-hybridized carbons (Fsp3) is 0.800. The number of aromatic nitrogens is 3. The van der Waals surface area contributed by atoms with Crippen LogP contribution in [0.2, 0.25) is 0 Å². The first-order valence-corrected chi connectivity index (χ1v) is 10.5. The van der Waals surface area contributed by atoms with Gasteiger partial charge in [0.05, 0.1) is 6.04 Å². The van der Waals surface area contributed by atoms with Crippen LogP contribution in [0.1, 0.15) is 83.4 Å². The molecule has 0 radical (unpaired) electrons. The Morgan fingerprint density at radius 2 is 1.96 bits per heavy atom. The van der Waals surface area contributed by atoms with E-state index in [1.165, 1.54) is 6.42 Å². The quantitative estimate of drug-likeness (QED) is 0.780. The zero-order valence-corrected chi connectivity index (χ0v) is 17.4. The van der Waals surface area contributed by atoms with E-state index >= 15 is 0 Å². The van der Waals surface area contributed by atoms with Gasteiger partial charge in [0.15, 0.2) is 5.82 Å². The second kappa shape index (κ2) is 8.92. The van der Waals surface area contributed by atoms with Crippen molar-refractivity contribution < 1.29 is 14.3 Å². The summed E-state index contributed by atoms with van der Waals surface area (Å²) in [5, 5.41) is 11.6. The monoisotopic (exact) mass is 391 g/mol. The summed E-state index contributed by atoms with van der Waals surface area (Å²) >= 11 is 0. The molecule has 0 bridgehead atoms. The molecule has 0 spiro atoms. The third-order valence-corrected chi connectivity index (χ3v) is 5.24. The van der Waals surface area contributed by atoms with Gasteiger partial charge in [0.2, 0.25) is 5.91 Å². The molecule has 3 rings (SSSR count). The van der Waals surface area contributed by atoms with Gasteiger partial charge in [0.25, 0.3) is 0 Å². The smallest absolute Gasteiger partial charge is 0.407 e. The number of amides is 2. The lowest BCUT2D eigenvalue weighted by Crippen LogP contribution is -2.34. The molecule has 2 aliphatic rings. The van der Waals surface area contributed by atoms with Crippen molar-refractivity contribution in [2.24, 2.45) is 0 Å². The van der Waals surface area contributed by atoms with Crippen molar-refractivity contribution in [3.63, 3.8) is 0 Å². The van der Waals surface area contributed by atoms with Crippen LogP contribution in [0.5, 0.6) is 0 Å². The summed E-state index contributed by atoms with van der Waals surface area (Å²) in [6.45, 7) is 7.64. The highest BCUT2D eigenvalue weighted by Gasteiger charge is 2.34. The Balaban J connectivity index is 1.51. The molecule has 2 amide bonds. The minimum absolute atomic E-state index is 0.0330. The molecule has 1 aromatic heterocycles. The van der Waals surface area contributed by atoms with E-state index in [1.807, 2.05) is 25.7 Å². The highest BCUT2D eigenvalue weighted by Crippen LogP contribution is 2.32. The Kier molecular flexibility index (Phi) is 6.57. The van der Waals surface area contributed by atoms with E-state index < -0.39 is 11.7 Å². The van der Waals surface area contributed by atoms with E-state index in [-0.39, 0.29) is 11.9 Å². The van der Waals surface area contributed by atoms with Crippen molar-refractivity contribution in [2.75, 3.05) is 13.1 Å². The van der Waals surface area contributed by atoms with Gasteiger partial charge >= 0.3 is 6.09 Å². The van der Waals surface area contributed by atoms with Crippen LogP contribution in [-0.4, -0.2) is 50.4 Å². The van der Waals surface area contributed by atoms with Gasteiger partial charge < -0.3 is 19.5 Å². The molecule has 28 heavy (non-hydrogen) atoms. The average Bonchev–Trinajstić information content (AvgIpc) is 3.18. The zero-order valence-electron chi connectivity index (χ0n) is 17.4. The molecule has 0 aliphatic carbocycles. The topological polar surface area (TPSA) is 89.3 Å². The van der Waals surface area contributed by atoms with Gasteiger partial charge in [-0.15, -0.1) is 10.2 Å². The minimum Gasteiger partial charge on any atom is -0.444 e. The molecule has 1 aromatic rings. The van der Waals surface area contributed by atoms with Crippen molar-refractivity contribution >= 4 is 12.0 Å². The molecular formula is C20H33N5O3. The summed E-state index contributed by atoms with van der Waals surface area (Å²) in [6, 6.07) is 0.0330. The number of carbonyl (C=O) groups is 2. The van der Waals surface area contributed by atoms with E-state index in [0.717, 1.165) is 56.8 Å². The predicted octanol–water partition coefficient (Wildman–Crippen LogP) is 2.97. The zero-order chi connectivity index (χ0) is 20.1. The number of likely N-dealkylation sites (tertiary alicyclic amines) is 1. The molecule has 0 saturated carbocycles. The summed E-state index contributed by atoms with van der Waals surface area (Å²) in [5.41, 5.74) is -0.515. The van der Waals surface area contributed by atoms with Gasteiger partial charge in [-0.2, -0.15) is 0 Å². The number of alkyl carbamates (subject to hydrolysis) is 1. The van der Waals surface area contributed by atoms with Gasteiger partial charge in [-0.25, -0.2) is 4.79 Å². The lowest BCUT2D eigenvalue weighted by molar-refractivity contribution is -0.132. The molecule has 1 saturated heterocycles. The maximum atomic E-state index is 12.8. The highest BCUT2D eigenvalue weighted by atomic mass is 16.6. The first-order valence-electron chi connectivity index (χ1n) is 10.5. The predicted molar refractivity (Wildman–Crippen MR) is 105 cm³/mol. The number of carbonyl (C=O) groups excluding carboxylic acids is 2. The highest BCUT2D eigenvalue weighted by molar-refractivity contribution is 5.77. The summed E-state index contributed by atoms with van der Waals surface area (Å²) in [6.07, 6.45) is 7.02. The molecule has 1 atom stereocenters. The van der Waals surface area contributed by atoms with Crippen LogP contribution in [0.15, 0.2) is 0 Å². The van der Waals surface area contributed by atoms with E-state index in [9.17, 15) is 9.59 Å². The Bertz CT molecular complexity index is 695. The summed E-state index contributed by atoms with van der Waals surface area (Å²) < 4.78 is 7.45. The molecule has 8 heteroatoms. The lowest BCUT2D eigenvalue weighted by Gasteiger charge is -2.25. The first-order chi connectivity index (χ1) is 13.3. The van der Waals surface area contributed by atoms with E-state index in [2.05, 4.69) is 20.1 Å². The standard InChI is InChI=1S/C20H33N5O3/c1-20(2,3)28-19(27)21-12-7-11-17(26)24-14-8-9-15(24)18-23-22-16-10-5-4-6-13-25(16)18/h15H,4-14H2,1-3H3,(H,21,27)/t15-/m0/s1. The summed E-state index contributed by atoms with van der Waals surface area (Å²) in [5.74, 6) is 2.14. The van der Waals surface area contributed by atoms with Crippen LogP contribution >= 0.6 is 0 Å². The van der Waals surface area contributed by atoms with Crippen molar-refractivity contribution in [3.8, 4) is 0 Å². The first kappa shape index (κ1) is 20.6. The Morgan fingerprint density at radius 1 is 1.14 bits per heavy atom. The third kappa shape index (κ3) is 5.23. The fourth-order valence-electron chi connectivity index (χ4n) is 3.98. The maximum absolute atomic E-state index is 12.8. The maximum Gasteiger partial charge on any atom is 0.407 e. The van der Waals surface area contributed by atoms with Crippen LogP contribution in [0.25, 0.3) is 0 Å².